The fraction of sp³-hybridized carbons (Fsp3) is 0.370. The summed E-state index contributed by atoms with van der Waals surface area (Å²) in [5.41, 5.74) is 3.25. The van der Waals surface area contributed by atoms with Crippen LogP contribution in [0.4, 0.5) is 27.5 Å². The lowest BCUT2D eigenvalue weighted by molar-refractivity contribution is 0.271. The Morgan fingerprint density at radius 3 is 2.65 bits per heavy atom. The van der Waals surface area contributed by atoms with Crippen molar-refractivity contribution in [3.05, 3.63) is 69.6 Å². The van der Waals surface area contributed by atoms with Gasteiger partial charge >= 0.3 is 0 Å². The Morgan fingerprint density at radius 2 is 1.89 bits per heavy atom. The molecule has 1 saturated heterocycles. The number of anilines is 4. The molecule has 2 aromatic carbocycles. The van der Waals surface area contributed by atoms with E-state index >= 15 is 4.39 Å². The van der Waals surface area contributed by atoms with Gasteiger partial charge in [-0.15, -0.1) is 0 Å². The second-order valence-corrected chi connectivity index (χ2v) is 10.4. The first-order valence-electron chi connectivity index (χ1n) is 12.7. The summed E-state index contributed by atoms with van der Waals surface area (Å²) in [6.45, 7) is 8.42. The number of amidine groups is 1. The number of aliphatic imine (C=N–C) groups is 1. The highest BCUT2D eigenvalue weighted by Gasteiger charge is 2.36. The van der Waals surface area contributed by atoms with Crippen LogP contribution in [0.1, 0.15) is 24.0 Å². The van der Waals surface area contributed by atoms with E-state index in [0.717, 1.165) is 67.7 Å². The van der Waals surface area contributed by atoms with Gasteiger partial charge in [0.2, 0.25) is 5.95 Å². The summed E-state index contributed by atoms with van der Waals surface area (Å²) in [4.78, 5) is 20.8. The molecule has 1 N–H and O–H groups in total. The summed E-state index contributed by atoms with van der Waals surface area (Å²) in [6, 6.07) is 10.9. The predicted molar refractivity (Wildman–Crippen MR) is 149 cm³/mol. The first-order chi connectivity index (χ1) is 18.0. The zero-order valence-electron chi connectivity index (χ0n) is 20.6. The average molecular weight is 540 g/mol. The van der Waals surface area contributed by atoms with Crippen molar-refractivity contribution in [2.24, 2.45) is 4.99 Å². The van der Waals surface area contributed by atoms with Gasteiger partial charge in [0, 0.05) is 66.1 Å². The number of fused-ring (bicyclic) bond motifs is 3. The van der Waals surface area contributed by atoms with Crippen LogP contribution in [0, 0.1) is 5.82 Å². The van der Waals surface area contributed by atoms with Crippen LogP contribution in [0.5, 0.6) is 0 Å². The van der Waals surface area contributed by atoms with Gasteiger partial charge in [0.15, 0.2) is 0 Å². The van der Waals surface area contributed by atoms with Gasteiger partial charge in [0.05, 0.1) is 12.2 Å². The normalized spacial score (nSPS) is 19.5. The lowest BCUT2D eigenvalue weighted by atomic mass is 9.88. The summed E-state index contributed by atoms with van der Waals surface area (Å²) in [7, 11) is 0. The number of rotatable bonds is 5. The van der Waals surface area contributed by atoms with E-state index in [1.54, 1.807) is 18.2 Å². The standard InChI is InChI=1S/C27H28Cl2FN7/c1-2-35-9-11-36(12-10-35)19-4-6-24(23(30)15-19)33-27-32-16-17-13-21(20-5-3-18(28)14-22(20)29)26-31-7-8-37(26)25(17)34-27/h3-6,14-16,21H,2,7-13H2,1H3,(H,32,33,34). The minimum Gasteiger partial charge on any atom is -0.369 e. The van der Waals surface area contributed by atoms with Crippen molar-refractivity contribution < 1.29 is 4.39 Å². The highest BCUT2D eigenvalue weighted by Crippen LogP contribution is 2.40. The van der Waals surface area contributed by atoms with Crippen LogP contribution in [0.15, 0.2) is 47.6 Å². The molecule has 1 aromatic heterocycles. The first-order valence-corrected chi connectivity index (χ1v) is 13.4. The largest absolute Gasteiger partial charge is 0.369 e. The van der Waals surface area contributed by atoms with Gasteiger partial charge in [-0.25, -0.2) is 9.37 Å². The molecule has 10 heteroatoms. The monoisotopic (exact) mass is 539 g/mol. The summed E-state index contributed by atoms with van der Waals surface area (Å²) in [5.74, 6) is 1.79. The van der Waals surface area contributed by atoms with Gasteiger partial charge in [-0.1, -0.05) is 36.2 Å². The molecule has 7 nitrogen and oxygen atoms in total. The van der Waals surface area contributed by atoms with Crippen molar-refractivity contribution in [2.45, 2.75) is 19.3 Å². The third-order valence-electron chi connectivity index (χ3n) is 7.43. The smallest absolute Gasteiger partial charge is 0.229 e. The lowest BCUT2D eigenvalue weighted by Gasteiger charge is -2.35. The van der Waals surface area contributed by atoms with Gasteiger partial charge in [-0.3, -0.25) is 4.99 Å². The number of nitrogens with one attached hydrogen (secondary N) is 1. The quantitative estimate of drug-likeness (QED) is 0.470. The van der Waals surface area contributed by atoms with Gasteiger partial charge in [-0.05, 0) is 48.9 Å². The predicted octanol–water partition coefficient (Wildman–Crippen LogP) is 5.37. The number of benzene rings is 2. The molecule has 6 rings (SSSR count). The SMILES string of the molecule is CCN1CCN(c2ccc(Nc3ncc4c(n3)N3CCN=C3C(c3ccc(Cl)cc3Cl)C4)c(F)c2)CC1. The van der Waals surface area contributed by atoms with Crippen LogP contribution in [0.25, 0.3) is 0 Å². The van der Waals surface area contributed by atoms with Crippen molar-refractivity contribution in [1.82, 2.24) is 14.9 Å². The molecular formula is C27H28Cl2FN7. The zero-order chi connectivity index (χ0) is 25.5. The van der Waals surface area contributed by atoms with Crippen LogP contribution in [0.2, 0.25) is 10.0 Å². The van der Waals surface area contributed by atoms with Crippen LogP contribution in [-0.4, -0.2) is 66.5 Å². The molecular weight excluding hydrogens is 512 g/mol. The number of hydrogen-bond acceptors (Lipinski definition) is 7. The topological polar surface area (TPSA) is 59.9 Å². The van der Waals surface area contributed by atoms with E-state index in [9.17, 15) is 0 Å². The number of aromatic nitrogens is 2. The molecule has 0 radical (unpaired) electrons. The molecule has 3 aliphatic heterocycles. The number of hydrogen-bond donors (Lipinski definition) is 1. The van der Waals surface area contributed by atoms with Crippen LogP contribution in [0.3, 0.4) is 0 Å². The minimum atomic E-state index is -0.322. The fourth-order valence-electron chi connectivity index (χ4n) is 5.40. The summed E-state index contributed by atoms with van der Waals surface area (Å²) in [5, 5.41) is 4.31. The number of nitrogens with zero attached hydrogens (tertiary/aromatic N) is 6. The van der Waals surface area contributed by atoms with Crippen LogP contribution < -0.4 is 15.1 Å². The summed E-state index contributed by atoms with van der Waals surface area (Å²) >= 11 is 12.7. The minimum absolute atomic E-state index is 0.00589. The molecule has 1 atom stereocenters. The Labute approximate surface area is 225 Å². The second-order valence-electron chi connectivity index (χ2n) is 9.57. The molecule has 1 unspecified atom stereocenters. The van der Waals surface area contributed by atoms with Crippen LogP contribution >= 0.6 is 23.2 Å². The third-order valence-corrected chi connectivity index (χ3v) is 7.99. The van der Waals surface area contributed by atoms with Crippen molar-refractivity contribution >= 4 is 52.2 Å². The van der Waals surface area contributed by atoms with Crippen molar-refractivity contribution in [2.75, 3.05) is 60.9 Å². The van der Waals surface area contributed by atoms with Crippen LogP contribution in [-0.2, 0) is 6.42 Å². The highest BCUT2D eigenvalue weighted by atomic mass is 35.5. The molecule has 0 spiro atoms. The molecule has 0 amide bonds. The molecule has 0 saturated carbocycles. The molecule has 3 aliphatic rings. The van der Waals surface area contributed by atoms with Crippen molar-refractivity contribution in [1.29, 1.82) is 0 Å². The maximum absolute atomic E-state index is 15.1. The lowest BCUT2D eigenvalue weighted by Crippen LogP contribution is -2.46. The average Bonchev–Trinajstić information content (AvgIpc) is 3.40. The zero-order valence-corrected chi connectivity index (χ0v) is 22.1. The van der Waals surface area contributed by atoms with E-state index in [0.29, 0.717) is 34.6 Å². The maximum atomic E-state index is 15.1. The van der Waals surface area contributed by atoms with E-state index in [1.165, 1.54) is 0 Å². The molecule has 0 aliphatic carbocycles. The molecule has 3 aromatic rings. The Balaban J connectivity index is 1.22. The second kappa shape index (κ2) is 10.1. The number of likely N-dealkylation sites (N-methyl/N-ethyl adjacent to an activating group) is 1. The molecule has 4 heterocycles. The van der Waals surface area contributed by atoms with E-state index in [4.69, 9.17) is 33.2 Å². The molecule has 37 heavy (non-hydrogen) atoms. The van der Waals surface area contributed by atoms with Gasteiger partial charge in [0.25, 0.3) is 0 Å². The van der Waals surface area contributed by atoms with Gasteiger partial charge in [-0.2, -0.15) is 4.98 Å². The molecule has 192 valence electrons. The number of piperazine rings is 1. The Morgan fingerprint density at radius 1 is 1.05 bits per heavy atom. The Kier molecular flexibility index (Phi) is 6.65. The Hall–Kier alpha value is -2.94. The molecule has 1 fully saturated rings. The molecule has 0 bridgehead atoms. The third kappa shape index (κ3) is 4.74. The van der Waals surface area contributed by atoms with E-state index < -0.39 is 0 Å². The van der Waals surface area contributed by atoms with Gasteiger partial charge < -0.3 is 20.0 Å². The van der Waals surface area contributed by atoms with Crippen molar-refractivity contribution in [3.63, 3.8) is 0 Å². The highest BCUT2D eigenvalue weighted by molar-refractivity contribution is 6.35. The van der Waals surface area contributed by atoms with Gasteiger partial charge in [0.1, 0.15) is 17.5 Å². The Bertz CT molecular complexity index is 1360. The first kappa shape index (κ1) is 24.4. The van der Waals surface area contributed by atoms with E-state index in [-0.39, 0.29) is 11.7 Å². The maximum Gasteiger partial charge on any atom is 0.229 e. The van der Waals surface area contributed by atoms with E-state index in [2.05, 4.69) is 31.9 Å². The van der Waals surface area contributed by atoms with Crippen molar-refractivity contribution in [3.8, 4) is 0 Å². The summed E-state index contributed by atoms with van der Waals surface area (Å²) in [6.07, 6.45) is 2.50. The van der Waals surface area contributed by atoms with E-state index in [1.807, 2.05) is 24.4 Å². The summed E-state index contributed by atoms with van der Waals surface area (Å²) < 4.78 is 15.1. The number of halogens is 3. The fourth-order valence-corrected chi connectivity index (χ4v) is 5.94.